The molecule has 20 heavy (non-hydrogen) atoms. The molecule has 1 rings (SSSR count). The van der Waals surface area contributed by atoms with Gasteiger partial charge in [0.1, 0.15) is 4.90 Å². The van der Waals surface area contributed by atoms with Crippen LogP contribution >= 0.6 is 31.9 Å². The molecule has 0 atom stereocenters. The van der Waals surface area contributed by atoms with Crippen LogP contribution in [0.2, 0.25) is 0 Å². The lowest BCUT2D eigenvalue weighted by Crippen LogP contribution is -2.31. The Hall–Kier alpha value is -0.150. The summed E-state index contributed by atoms with van der Waals surface area (Å²) in [6.45, 7) is 4.44. The number of anilines is 1. The van der Waals surface area contributed by atoms with Crippen molar-refractivity contribution >= 4 is 47.6 Å². The molecule has 0 radical (unpaired) electrons. The van der Waals surface area contributed by atoms with Crippen molar-refractivity contribution in [2.45, 2.75) is 24.8 Å². The summed E-state index contributed by atoms with van der Waals surface area (Å²) in [7, 11) is -2.09. The first-order chi connectivity index (χ1) is 9.16. The number of nitrogens with two attached hydrogens (primary N) is 1. The van der Waals surface area contributed by atoms with Gasteiger partial charge in [-0.1, -0.05) is 0 Å². The van der Waals surface area contributed by atoms with Crippen molar-refractivity contribution in [2.75, 3.05) is 25.9 Å². The van der Waals surface area contributed by atoms with Crippen LogP contribution < -0.4 is 5.73 Å². The highest BCUT2D eigenvalue weighted by Gasteiger charge is 2.26. The summed E-state index contributed by atoms with van der Waals surface area (Å²) in [5.74, 6) is 0. The van der Waals surface area contributed by atoms with Gasteiger partial charge in [-0.15, -0.1) is 0 Å². The van der Waals surface area contributed by atoms with Crippen LogP contribution in [0.25, 0.3) is 0 Å². The summed E-state index contributed by atoms with van der Waals surface area (Å²) >= 11 is 6.49. The van der Waals surface area contributed by atoms with E-state index in [-0.39, 0.29) is 17.5 Å². The van der Waals surface area contributed by atoms with E-state index in [9.17, 15) is 8.42 Å². The molecule has 0 spiro atoms. The van der Waals surface area contributed by atoms with Gasteiger partial charge in [0.2, 0.25) is 10.0 Å². The summed E-state index contributed by atoms with van der Waals surface area (Å²) in [4.78, 5) is 0.166. The zero-order valence-corrected chi connectivity index (χ0v) is 15.5. The number of ether oxygens (including phenoxy) is 1. The highest BCUT2D eigenvalue weighted by atomic mass is 79.9. The van der Waals surface area contributed by atoms with Crippen LogP contribution in [0.3, 0.4) is 0 Å². The van der Waals surface area contributed by atoms with Crippen molar-refractivity contribution in [1.82, 2.24) is 4.31 Å². The molecule has 1 aromatic carbocycles. The van der Waals surface area contributed by atoms with Crippen molar-refractivity contribution in [2.24, 2.45) is 0 Å². The van der Waals surface area contributed by atoms with Gasteiger partial charge in [-0.25, -0.2) is 8.42 Å². The SMILES string of the molecule is CC(C)OCCN(C)S(=O)(=O)c1c(Br)cc(N)cc1Br. The minimum atomic E-state index is -3.61. The molecule has 0 unspecified atom stereocenters. The number of hydrogen-bond donors (Lipinski definition) is 1. The summed E-state index contributed by atoms with van der Waals surface area (Å²) in [6.07, 6.45) is 0.0705. The molecular weight excluding hydrogens is 412 g/mol. The zero-order chi connectivity index (χ0) is 15.5. The number of benzene rings is 1. The van der Waals surface area contributed by atoms with E-state index in [0.717, 1.165) is 0 Å². The molecule has 0 heterocycles. The van der Waals surface area contributed by atoms with E-state index in [2.05, 4.69) is 31.9 Å². The van der Waals surface area contributed by atoms with Crippen LogP contribution in [-0.4, -0.2) is 39.0 Å². The molecule has 8 heteroatoms. The van der Waals surface area contributed by atoms with Gasteiger partial charge in [0.05, 0.1) is 12.7 Å². The minimum Gasteiger partial charge on any atom is -0.399 e. The lowest BCUT2D eigenvalue weighted by atomic mass is 10.3. The number of halogens is 2. The van der Waals surface area contributed by atoms with E-state index >= 15 is 0 Å². The third kappa shape index (κ3) is 4.42. The third-order valence-electron chi connectivity index (χ3n) is 2.55. The maximum Gasteiger partial charge on any atom is 0.245 e. The molecule has 0 amide bonds. The predicted octanol–water partition coefficient (Wildman–Crippen LogP) is 2.84. The van der Waals surface area contributed by atoms with E-state index in [4.69, 9.17) is 10.5 Å². The molecule has 0 bridgehead atoms. The molecule has 0 aliphatic rings. The second-order valence-electron chi connectivity index (χ2n) is 4.56. The normalized spacial score (nSPS) is 12.3. The number of hydrogen-bond acceptors (Lipinski definition) is 4. The second-order valence-corrected chi connectivity index (χ2v) is 8.25. The molecule has 0 aromatic heterocycles. The molecule has 0 saturated heterocycles. The molecule has 0 aliphatic heterocycles. The third-order valence-corrected chi connectivity index (χ3v) is 6.28. The summed E-state index contributed by atoms with van der Waals surface area (Å²) < 4.78 is 32.6. The maximum absolute atomic E-state index is 12.5. The highest BCUT2D eigenvalue weighted by molar-refractivity contribution is 9.11. The van der Waals surface area contributed by atoms with E-state index in [1.54, 1.807) is 12.1 Å². The van der Waals surface area contributed by atoms with Crippen LogP contribution in [0.1, 0.15) is 13.8 Å². The van der Waals surface area contributed by atoms with Gasteiger partial charge in [-0.05, 0) is 57.8 Å². The van der Waals surface area contributed by atoms with Crippen LogP contribution in [0.5, 0.6) is 0 Å². The minimum absolute atomic E-state index is 0.0705. The fourth-order valence-electron chi connectivity index (χ4n) is 1.52. The number of sulfonamides is 1. The molecule has 0 aliphatic carbocycles. The van der Waals surface area contributed by atoms with Crippen LogP contribution in [-0.2, 0) is 14.8 Å². The molecule has 2 N–H and O–H groups in total. The van der Waals surface area contributed by atoms with Gasteiger partial charge in [0.15, 0.2) is 0 Å². The largest absolute Gasteiger partial charge is 0.399 e. The standard InChI is InChI=1S/C12H18Br2N2O3S/c1-8(2)19-5-4-16(3)20(17,18)12-10(13)6-9(15)7-11(12)14/h6-8H,4-5,15H2,1-3H3. The molecule has 1 aromatic rings. The highest BCUT2D eigenvalue weighted by Crippen LogP contribution is 2.33. The fraction of sp³-hybridized carbons (Fsp3) is 0.500. The monoisotopic (exact) mass is 428 g/mol. The first-order valence-corrected chi connectivity index (χ1v) is 9.01. The lowest BCUT2D eigenvalue weighted by Gasteiger charge is -2.20. The number of likely N-dealkylation sites (N-methyl/N-ethyl adjacent to an activating group) is 1. The average molecular weight is 430 g/mol. The Bertz CT molecular complexity index is 553. The van der Waals surface area contributed by atoms with Crippen LogP contribution in [0.4, 0.5) is 5.69 Å². The molecule has 114 valence electrons. The van der Waals surface area contributed by atoms with Gasteiger partial charge < -0.3 is 10.5 Å². The van der Waals surface area contributed by atoms with Crippen molar-refractivity contribution in [3.8, 4) is 0 Å². The second kappa shape index (κ2) is 7.22. The Balaban J connectivity index is 2.99. The zero-order valence-electron chi connectivity index (χ0n) is 11.6. The molecule has 0 fully saturated rings. The number of nitrogens with zero attached hydrogens (tertiary/aromatic N) is 1. The van der Waals surface area contributed by atoms with E-state index in [1.807, 2.05) is 13.8 Å². The quantitative estimate of drug-likeness (QED) is 0.705. The van der Waals surface area contributed by atoms with Crippen molar-refractivity contribution < 1.29 is 13.2 Å². The number of nitrogen functional groups attached to an aromatic ring is 1. The summed E-state index contributed by atoms with van der Waals surface area (Å²) in [5.41, 5.74) is 6.15. The maximum atomic E-state index is 12.5. The van der Waals surface area contributed by atoms with E-state index < -0.39 is 10.0 Å². The predicted molar refractivity (Wildman–Crippen MR) is 87.2 cm³/mol. The Morgan fingerprint density at radius 1 is 1.30 bits per heavy atom. The van der Waals surface area contributed by atoms with Crippen molar-refractivity contribution in [3.05, 3.63) is 21.1 Å². The average Bonchev–Trinajstić information content (AvgIpc) is 2.26. The van der Waals surface area contributed by atoms with Crippen LogP contribution in [0, 0.1) is 0 Å². The van der Waals surface area contributed by atoms with Crippen molar-refractivity contribution in [1.29, 1.82) is 0 Å². The first kappa shape index (κ1) is 17.9. The Kier molecular flexibility index (Phi) is 6.46. The molecule has 0 saturated carbocycles. The topological polar surface area (TPSA) is 72.6 Å². The Morgan fingerprint density at radius 2 is 1.80 bits per heavy atom. The first-order valence-electron chi connectivity index (χ1n) is 5.98. The summed E-state index contributed by atoms with van der Waals surface area (Å²) in [6, 6.07) is 3.13. The van der Waals surface area contributed by atoms with E-state index in [0.29, 0.717) is 21.2 Å². The van der Waals surface area contributed by atoms with Crippen molar-refractivity contribution in [3.63, 3.8) is 0 Å². The lowest BCUT2D eigenvalue weighted by molar-refractivity contribution is 0.0737. The Labute approximate surface area is 136 Å². The molecule has 5 nitrogen and oxygen atoms in total. The van der Waals surface area contributed by atoms with Gasteiger partial charge in [-0.2, -0.15) is 4.31 Å². The Morgan fingerprint density at radius 3 is 2.25 bits per heavy atom. The van der Waals surface area contributed by atoms with Gasteiger partial charge in [0, 0.05) is 28.2 Å². The number of rotatable bonds is 6. The van der Waals surface area contributed by atoms with Gasteiger partial charge in [-0.3, -0.25) is 0 Å². The van der Waals surface area contributed by atoms with E-state index in [1.165, 1.54) is 11.4 Å². The fourth-order valence-corrected chi connectivity index (χ4v) is 5.21. The molecular formula is C12H18Br2N2O3S. The van der Waals surface area contributed by atoms with Crippen LogP contribution in [0.15, 0.2) is 26.0 Å². The summed E-state index contributed by atoms with van der Waals surface area (Å²) in [5, 5.41) is 0. The smallest absolute Gasteiger partial charge is 0.245 e. The van der Waals surface area contributed by atoms with Gasteiger partial charge in [0.25, 0.3) is 0 Å². The van der Waals surface area contributed by atoms with Gasteiger partial charge >= 0.3 is 0 Å².